The van der Waals surface area contributed by atoms with E-state index in [4.69, 9.17) is 0 Å². The predicted octanol–water partition coefficient (Wildman–Crippen LogP) is 2.61. The molecule has 0 N–H and O–H groups in total. The predicted molar refractivity (Wildman–Crippen MR) is 155 cm³/mol. The van der Waals surface area contributed by atoms with E-state index in [1.165, 1.54) is 66.4 Å². The highest BCUT2D eigenvalue weighted by molar-refractivity contribution is 7.00. The number of rotatable bonds is 1. The molecule has 0 atom stereocenters. The second-order valence-corrected chi connectivity index (χ2v) is 10.5. The minimum atomic E-state index is 0.273. The summed E-state index contributed by atoms with van der Waals surface area (Å²) in [6, 6.07) is 41.2. The molecule has 5 aromatic carbocycles. The van der Waals surface area contributed by atoms with Gasteiger partial charge < -0.3 is 4.90 Å². The van der Waals surface area contributed by atoms with E-state index >= 15 is 0 Å². The molecule has 0 bridgehead atoms. The SMILES string of the molecule is CN1c2ccccc2B2c3cc4c(cc3Cc3cccc1c32)Cc1ccccc1B4c1ccccc1. The van der Waals surface area contributed by atoms with Crippen molar-refractivity contribution in [1.82, 2.24) is 0 Å². The van der Waals surface area contributed by atoms with Crippen LogP contribution in [0.1, 0.15) is 22.3 Å². The van der Waals surface area contributed by atoms with E-state index in [-0.39, 0.29) is 13.4 Å². The van der Waals surface area contributed by atoms with Gasteiger partial charge in [0.1, 0.15) is 0 Å². The van der Waals surface area contributed by atoms with Crippen LogP contribution in [-0.4, -0.2) is 20.5 Å². The van der Waals surface area contributed by atoms with Gasteiger partial charge in [0.15, 0.2) is 0 Å². The van der Waals surface area contributed by atoms with Gasteiger partial charge in [-0.3, -0.25) is 0 Å². The maximum absolute atomic E-state index is 2.59. The van der Waals surface area contributed by atoms with Gasteiger partial charge in [0.2, 0.25) is 13.4 Å². The Labute approximate surface area is 213 Å². The lowest BCUT2D eigenvalue weighted by Crippen LogP contribution is -2.64. The van der Waals surface area contributed by atoms with Crippen molar-refractivity contribution in [3.63, 3.8) is 0 Å². The topological polar surface area (TPSA) is 3.24 Å². The summed E-state index contributed by atoms with van der Waals surface area (Å²) in [4.78, 5) is 2.39. The monoisotopic (exact) mass is 457 g/mol. The van der Waals surface area contributed by atoms with Crippen molar-refractivity contribution in [2.75, 3.05) is 11.9 Å². The molecule has 3 aliphatic heterocycles. The third-order valence-electron chi connectivity index (χ3n) is 8.72. The first-order valence-electron chi connectivity index (χ1n) is 13.0. The molecule has 0 amide bonds. The number of hydrogen-bond donors (Lipinski definition) is 0. The summed E-state index contributed by atoms with van der Waals surface area (Å²) in [6.45, 7) is 0.556. The molecule has 36 heavy (non-hydrogen) atoms. The highest BCUT2D eigenvalue weighted by atomic mass is 15.1. The van der Waals surface area contributed by atoms with Crippen LogP contribution in [0.2, 0.25) is 0 Å². The molecule has 0 radical (unpaired) electrons. The maximum atomic E-state index is 2.59. The van der Waals surface area contributed by atoms with Crippen molar-refractivity contribution in [1.29, 1.82) is 0 Å². The van der Waals surface area contributed by atoms with Gasteiger partial charge in [-0.1, -0.05) is 119 Å². The Morgan fingerprint density at radius 2 is 1.14 bits per heavy atom. The molecule has 0 spiro atoms. The highest BCUT2D eigenvalue weighted by Gasteiger charge is 2.40. The van der Waals surface area contributed by atoms with Crippen LogP contribution in [-0.2, 0) is 12.8 Å². The lowest BCUT2D eigenvalue weighted by Gasteiger charge is -2.39. The van der Waals surface area contributed by atoms with Crippen LogP contribution in [0, 0.1) is 0 Å². The summed E-state index contributed by atoms with van der Waals surface area (Å²) in [6.07, 6.45) is 2.02. The smallest absolute Gasteiger partial charge is 0.247 e. The third-order valence-corrected chi connectivity index (χ3v) is 8.72. The number of fused-ring (bicyclic) bond motifs is 6. The summed E-state index contributed by atoms with van der Waals surface area (Å²) in [5.74, 6) is 0. The lowest BCUT2D eigenvalue weighted by atomic mass is 9.29. The quantitative estimate of drug-likeness (QED) is 0.343. The molecule has 1 nitrogen and oxygen atoms in total. The van der Waals surface area contributed by atoms with Crippen molar-refractivity contribution in [3.05, 3.63) is 131 Å². The molecule has 0 fully saturated rings. The van der Waals surface area contributed by atoms with Gasteiger partial charge in [-0.05, 0) is 58.2 Å². The van der Waals surface area contributed by atoms with Crippen molar-refractivity contribution >= 4 is 57.6 Å². The van der Waals surface area contributed by atoms with E-state index in [9.17, 15) is 0 Å². The standard InChI is InChI=1S/C33H25B2N/c1-36-31-16-8-7-15-28(31)35-30-21-29-24(20-25(30)19-23-11-9-17-32(36)33(23)35)18-22-10-5-6-14-27(22)34(29)26-12-3-2-4-13-26/h2-17,20-21H,18-19H2,1H3. The number of benzene rings is 5. The molecule has 0 aromatic heterocycles. The van der Waals surface area contributed by atoms with E-state index in [2.05, 4.69) is 121 Å². The minimum Gasteiger partial charge on any atom is -0.345 e. The summed E-state index contributed by atoms with van der Waals surface area (Å²) >= 11 is 0. The van der Waals surface area contributed by atoms with Crippen LogP contribution in [0.3, 0.4) is 0 Å². The Morgan fingerprint density at radius 3 is 2.00 bits per heavy atom. The van der Waals surface area contributed by atoms with Gasteiger partial charge in [0.05, 0.1) is 0 Å². The third kappa shape index (κ3) is 2.74. The largest absolute Gasteiger partial charge is 0.345 e. The molecule has 5 aromatic rings. The van der Waals surface area contributed by atoms with Crippen LogP contribution in [0.4, 0.5) is 11.4 Å². The zero-order chi connectivity index (χ0) is 23.8. The lowest BCUT2D eigenvalue weighted by molar-refractivity contribution is 1.14. The zero-order valence-corrected chi connectivity index (χ0v) is 20.4. The summed E-state index contributed by atoms with van der Waals surface area (Å²) < 4.78 is 0. The normalized spacial score (nSPS) is 14.4. The fourth-order valence-corrected chi connectivity index (χ4v) is 7.16. The Kier molecular flexibility index (Phi) is 4.22. The van der Waals surface area contributed by atoms with E-state index < -0.39 is 0 Å². The summed E-state index contributed by atoms with van der Waals surface area (Å²) in [7, 11) is 2.22. The molecule has 3 heteroatoms. The maximum Gasteiger partial charge on any atom is 0.247 e. The zero-order valence-electron chi connectivity index (χ0n) is 20.4. The molecule has 0 unspecified atom stereocenters. The molecule has 3 aliphatic rings. The number of anilines is 2. The average molecular weight is 457 g/mol. The van der Waals surface area contributed by atoms with Crippen LogP contribution >= 0.6 is 0 Å². The molecule has 0 saturated heterocycles. The van der Waals surface area contributed by atoms with Crippen molar-refractivity contribution in [3.8, 4) is 0 Å². The highest BCUT2D eigenvalue weighted by Crippen LogP contribution is 2.30. The van der Waals surface area contributed by atoms with E-state index in [0.29, 0.717) is 0 Å². The van der Waals surface area contributed by atoms with Crippen LogP contribution in [0.25, 0.3) is 0 Å². The second-order valence-electron chi connectivity index (χ2n) is 10.5. The number of para-hydroxylation sites is 1. The van der Waals surface area contributed by atoms with E-state index in [0.717, 1.165) is 12.8 Å². The van der Waals surface area contributed by atoms with Crippen molar-refractivity contribution in [2.45, 2.75) is 12.8 Å². The van der Waals surface area contributed by atoms with Crippen molar-refractivity contribution in [2.24, 2.45) is 0 Å². The number of nitrogens with zero attached hydrogens (tertiary/aromatic N) is 1. The molecule has 168 valence electrons. The Balaban J connectivity index is 1.40. The minimum absolute atomic E-state index is 0.273. The van der Waals surface area contributed by atoms with Gasteiger partial charge in [0, 0.05) is 18.4 Å². The summed E-state index contributed by atoms with van der Waals surface area (Å²) in [5.41, 5.74) is 17.3. The van der Waals surface area contributed by atoms with Gasteiger partial charge in [-0.2, -0.15) is 0 Å². The van der Waals surface area contributed by atoms with Crippen LogP contribution < -0.4 is 37.7 Å². The first-order chi connectivity index (χ1) is 17.8. The summed E-state index contributed by atoms with van der Waals surface area (Å²) in [5, 5.41) is 0. The molecule has 3 heterocycles. The van der Waals surface area contributed by atoms with Gasteiger partial charge in [0.25, 0.3) is 0 Å². The van der Waals surface area contributed by atoms with Crippen molar-refractivity contribution < 1.29 is 0 Å². The van der Waals surface area contributed by atoms with E-state index in [1.54, 1.807) is 0 Å². The van der Waals surface area contributed by atoms with Crippen LogP contribution in [0.5, 0.6) is 0 Å². The van der Waals surface area contributed by atoms with Gasteiger partial charge in [-0.15, -0.1) is 0 Å². The average Bonchev–Trinajstić information content (AvgIpc) is 2.93. The fraction of sp³-hybridized carbons (Fsp3) is 0.0909. The Hall–Kier alpha value is -3.97. The molecule has 0 aliphatic carbocycles. The van der Waals surface area contributed by atoms with Gasteiger partial charge in [-0.25, -0.2) is 0 Å². The number of hydrogen-bond acceptors (Lipinski definition) is 1. The first kappa shape index (κ1) is 20.2. The molecular weight excluding hydrogens is 432 g/mol. The van der Waals surface area contributed by atoms with Crippen LogP contribution in [0.15, 0.2) is 109 Å². The molecule has 0 saturated carbocycles. The Bertz CT molecular complexity index is 1670. The molecular formula is C33H25B2N. The molecule has 8 rings (SSSR count). The Morgan fingerprint density at radius 1 is 0.500 bits per heavy atom. The second kappa shape index (κ2) is 7.51. The fourth-order valence-electron chi connectivity index (χ4n) is 7.16. The first-order valence-corrected chi connectivity index (χ1v) is 13.0. The van der Waals surface area contributed by atoms with Gasteiger partial charge >= 0.3 is 0 Å². The van der Waals surface area contributed by atoms with E-state index in [1.807, 2.05) is 0 Å².